The zero-order chi connectivity index (χ0) is 13.7. The monoisotopic (exact) mass is 329 g/mol. The van der Waals surface area contributed by atoms with Crippen LogP contribution in [0.2, 0.25) is 0 Å². The number of hydrogen-bond donors (Lipinski definition) is 1. The Balaban J connectivity index is 2.09. The van der Waals surface area contributed by atoms with Gasteiger partial charge in [0, 0.05) is 19.1 Å². The zero-order valence-electron chi connectivity index (χ0n) is 11.9. The number of ether oxygens (including phenoxy) is 1. The summed E-state index contributed by atoms with van der Waals surface area (Å²) in [5.41, 5.74) is 1.35. The third-order valence-electron chi connectivity index (χ3n) is 3.89. The van der Waals surface area contributed by atoms with Crippen LogP contribution in [0.25, 0.3) is 0 Å². The first-order chi connectivity index (χ1) is 9.26. The number of aromatic nitrogens is 2. The van der Waals surface area contributed by atoms with Crippen molar-refractivity contribution >= 4 is 15.9 Å². The van der Waals surface area contributed by atoms with E-state index in [4.69, 9.17) is 4.74 Å². The first kappa shape index (κ1) is 15.0. The topological polar surface area (TPSA) is 39.1 Å². The number of nitrogens with zero attached hydrogens (tertiary/aromatic N) is 2. The standard InChI is InChI=1S/C14H24BrN3O/c1-3-16-12-6-4-5-11(9-12)14-13(15)10-17-18(14)7-8-19-2/h10-12,16H,3-9H2,1-2H3. The summed E-state index contributed by atoms with van der Waals surface area (Å²) in [5, 5.41) is 8.06. The molecule has 1 fully saturated rings. The van der Waals surface area contributed by atoms with Gasteiger partial charge in [0.1, 0.15) is 0 Å². The van der Waals surface area contributed by atoms with Gasteiger partial charge in [-0.15, -0.1) is 0 Å². The minimum atomic E-state index is 0.603. The predicted octanol–water partition coefficient (Wildman–Crippen LogP) is 2.93. The Kier molecular flexibility index (Phi) is 5.85. The highest BCUT2D eigenvalue weighted by Gasteiger charge is 2.26. The van der Waals surface area contributed by atoms with Gasteiger partial charge >= 0.3 is 0 Å². The van der Waals surface area contributed by atoms with Crippen LogP contribution in [0.5, 0.6) is 0 Å². The fraction of sp³-hybridized carbons (Fsp3) is 0.786. The number of nitrogens with one attached hydrogen (secondary N) is 1. The lowest BCUT2D eigenvalue weighted by molar-refractivity contribution is 0.181. The van der Waals surface area contributed by atoms with Gasteiger partial charge in [-0.2, -0.15) is 5.10 Å². The van der Waals surface area contributed by atoms with E-state index in [0.29, 0.717) is 18.6 Å². The first-order valence-corrected chi connectivity index (χ1v) is 7.99. The molecule has 1 aliphatic rings. The molecule has 2 unspecified atom stereocenters. The Morgan fingerprint density at radius 3 is 3.11 bits per heavy atom. The lowest BCUT2D eigenvalue weighted by atomic mass is 9.83. The number of methoxy groups -OCH3 is 1. The van der Waals surface area contributed by atoms with Gasteiger partial charge in [-0.05, 0) is 41.7 Å². The van der Waals surface area contributed by atoms with Crippen LogP contribution < -0.4 is 5.32 Å². The van der Waals surface area contributed by atoms with Gasteiger partial charge in [0.25, 0.3) is 0 Å². The van der Waals surface area contributed by atoms with Gasteiger partial charge in [-0.3, -0.25) is 4.68 Å². The van der Waals surface area contributed by atoms with Gasteiger partial charge in [0.15, 0.2) is 0 Å². The molecule has 0 saturated heterocycles. The molecular formula is C14H24BrN3O. The molecule has 0 amide bonds. The van der Waals surface area contributed by atoms with Crippen molar-refractivity contribution in [2.45, 2.75) is 51.1 Å². The van der Waals surface area contributed by atoms with Gasteiger partial charge in [0.2, 0.25) is 0 Å². The Bertz CT molecular complexity index is 392. The van der Waals surface area contributed by atoms with Gasteiger partial charge < -0.3 is 10.1 Å². The molecule has 2 rings (SSSR count). The maximum Gasteiger partial charge on any atom is 0.0658 e. The van der Waals surface area contributed by atoms with Crippen LogP contribution >= 0.6 is 15.9 Å². The van der Waals surface area contributed by atoms with Crippen LogP contribution in [0.3, 0.4) is 0 Å². The highest BCUT2D eigenvalue weighted by Crippen LogP contribution is 2.36. The Hall–Kier alpha value is -0.390. The lowest BCUT2D eigenvalue weighted by Crippen LogP contribution is -2.34. The first-order valence-electron chi connectivity index (χ1n) is 7.19. The van der Waals surface area contributed by atoms with E-state index in [-0.39, 0.29) is 0 Å². The van der Waals surface area contributed by atoms with E-state index in [1.807, 2.05) is 6.20 Å². The third kappa shape index (κ3) is 3.80. The van der Waals surface area contributed by atoms with E-state index in [0.717, 1.165) is 17.6 Å². The summed E-state index contributed by atoms with van der Waals surface area (Å²) in [7, 11) is 1.74. The summed E-state index contributed by atoms with van der Waals surface area (Å²) in [6.07, 6.45) is 6.99. The molecule has 5 heteroatoms. The van der Waals surface area contributed by atoms with E-state index in [1.165, 1.54) is 31.4 Å². The van der Waals surface area contributed by atoms with E-state index in [9.17, 15) is 0 Å². The number of hydrogen-bond acceptors (Lipinski definition) is 3. The molecule has 1 heterocycles. The van der Waals surface area contributed by atoms with Crippen LogP contribution in [0, 0.1) is 0 Å². The second-order valence-corrected chi connectivity index (χ2v) is 6.07. The highest BCUT2D eigenvalue weighted by atomic mass is 79.9. The molecule has 1 saturated carbocycles. The largest absolute Gasteiger partial charge is 0.383 e. The molecule has 1 aromatic rings. The van der Waals surface area contributed by atoms with E-state index in [1.54, 1.807) is 7.11 Å². The fourth-order valence-corrected chi connectivity index (χ4v) is 3.67. The van der Waals surface area contributed by atoms with Crippen LogP contribution in [0.15, 0.2) is 10.7 Å². The molecule has 0 aliphatic heterocycles. The third-order valence-corrected chi connectivity index (χ3v) is 4.51. The summed E-state index contributed by atoms with van der Waals surface area (Å²) in [6.45, 7) is 4.79. The summed E-state index contributed by atoms with van der Waals surface area (Å²) in [4.78, 5) is 0. The molecule has 0 radical (unpaired) electrons. The molecule has 0 bridgehead atoms. The van der Waals surface area contributed by atoms with Crippen molar-refractivity contribution in [3.05, 3.63) is 16.4 Å². The quantitative estimate of drug-likeness (QED) is 0.872. The summed E-state index contributed by atoms with van der Waals surface area (Å²) in [5.74, 6) is 0.603. The zero-order valence-corrected chi connectivity index (χ0v) is 13.4. The van der Waals surface area contributed by atoms with Crippen LogP contribution in [-0.4, -0.2) is 36.1 Å². The minimum absolute atomic E-state index is 0.603. The smallest absolute Gasteiger partial charge is 0.0658 e. The van der Waals surface area contributed by atoms with Crippen molar-refractivity contribution in [2.75, 3.05) is 20.3 Å². The van der Waals surface area contributed by atoms with Gasteiger partial charge in [0.05, 0.1) is 29.5 Å². The SMILES string of the molecule is CCNC1CCCC(c2c(Br)cnn2CCOC)C1. The van der Waals surface area contributed by atoms with Crippen molar-refractivity contribution < 1.29 is 4.74 Å². The van der Waals surface area contributed by atoms with Crippen molar-refractivity contribution in [1.29, 1.82) is 0 Å². The average molecular weight is 330 g/mol. The molecular weight excluding hydrogens is 306 g/mol. The Labute approximate surface area is 124 Å². The maximum absolute atomic E-state index is 5.17. The lowest BCUT2D eigenvalue weighted by Gasteiger charge is -2.30. The van der Waals surface area contributed by atoms with Crippen molar-refractivity contribution in [3.8, 4) is 0 Å². The van der Waals surface area contributed by atoms with Crippen molar-refractivity contribution in [3.63, 3.8) is 0 Å². The second kappa shape index (κ2) is 7.41. The van der Waals surface area contributed by atoms with E-state index >= 15 is 0 Å². The normalized spacial score (nSPS) is 23.7. The summed E-state index contributed by atoms with van der Waals surface area (Å²) < 4.78 is 8.42. The molecule has 0 spiro atoms. The average Bonchev–Trinajstić information content (AvgIpc) is 2.78. The van der Waals surface area contributed by atoms with E-state index in [2.05, 4.69) is 38.0 Å². The van der Waals surface area contributed by atoms with Crippen molar-refractivity contribution in [2.24, 2.45) is 0 Å². The fourth-order valence-electron chi connectivity index (χ4n) is 3.05. The van der Waals surface area contributed by atoms with Gasteiger partial charge in [-0.1, -0.05) is 13.3 Å². The predicted molar refractivity (Wildman–Crippen MR) is 80.5 cm³/mol. The molecule has 19 heavy (non-hydrogen) atoms. The molecule has 1 aromatic heterocycles. The van der Waals surface area contributed by atoms with Gasteiger partial charge in [-0.25, -0.2) is 0 Å². The van der Waals surface area contributed by atoms with E-state index < -0.39 is 0 Å². The highest BCUT2D eigenvalue weighted by molar-refractivity contribution is 9.10. The molecule has 1 N–H and O–H groups in total. The number of halogens is 1. The van der Waals surface area contributed by atoms with Crippen LogP contribution in [-0.2, 0) is 11.3 Å². The molecule has 0 aromatic carbocycles. The second-order valence-electron chi connectivity index (χ2n) is 5.21. The van der Waals surface area contributed by atoms with Crippen LogP contribution in [0.1, 0.15) is 44.2 Å². The summed E-state index contributed by atoms with van der Waals surface area (Å²) >= 11 is 3.66. The van der Waals surface area contributed by atoms with Crippen LogP contribution in [0.4, 0.5) is 0 Å². The number of rotatable bonds is 6. The molecule has 108 valence electrons. The Morgan fingerprint density at radius 1 is 1.53 bits per heavy atom. The molecule has 1 aliphatic carbocycles. The van der Waals surface area contributed by atoms with Crippen molar-refractivity contribution in [1.82, 2.24) is 15.1 Å². The molecule has 4 nitrogen and oxygen atoms in total. The minimum Gasteiger partial charge on any atom is -0.383 e. The maximum atomic E-state index is 5.17. The molecule has 2 atom stereocenters. The summed E-state index contributed by atoms with van der Waals surface area (Å²) in [6, 6.07) is 0.654. The Morgan fingerprint density at radius 2 is 2.37 bits per heavy atom.